The summed E-state index contributed by atoms with van der Waals surface area (Å²) in [5, 5.41) is 11.8. The van der Waals surface area contributed by atoms with Gasteiger partial charge in [-0.2, -0.15) is 0 Å². The summed E-state index contributed by atoms with van der Waals surface area (Å²) < 4.78 is 13.4. The van der Waals surface area contributed by atoms with Crippen molar-refractivity contribution in [3.8, 4) is 0 Å². The molecule has 0 saturated carbocycles. The topological polar surface area (TPSA) is 81.5 Å². The number of likely N-dealkylation sites (tertiary alicyclic amines) is 1. The van der Waals surface area contributed by atoms with Gasteiger partial charge in [0.2, 0.25) is 0 Å². The van der Waals surface area contributed by atoms with E-state index in [9.17, 15) is 4.79 Å². The van der Waals surface area contributed by atoms with Crippen molar-refractivity contribution < 1.29 is 14.3 Å². The van der Waals surface area contributed by atoms with Crippen molar-refractivity contribution in [3.63, 3.8) is 0 Å². The Balaban J connectivity index is 1.28. The maximum Gasteiger partial charge on any atom is 0.407 e. The van der Waals surface area contributed by atoms with Gasteiger partial charge in [-0.15, -0.1) is 5.10 Å². The Morgan fingerprint density at radius 2 is 1.97 bits per heavy atom. The van der Waals surface area contributed by atoms with Crippen molar-refractivity contribution in [3.05, 3.63) is 47.3 Å². The SMILES string of the molecule is CC(C)(C)OC(=O)NC1CCN(Cc2nnn3c2CO[C@H](c2ccccc2)C3)CC1. The number of hydrogen-bond acceptors (Lipinski definition) is 6. The number of piperidine rings is 1. The number of fused-ring (bicyclic) bond motifs is 1. The van der Waals surface area contributed by atoms with Crippen LogP contribution in [-0.4, -0.2) is 50.7 Å². The summed E-state index contributed by atoms with van der Waals surface area (Å²) in [4.78, 5) is 14.3. The molecular formula is C22H31N5O3. The van der Waals surface area contributed by atoms with Crippen LogP contribution in [0.25, 0.3) is 0 Å². The van der Waals surface area contributed by atoms with Crippen LogP contribution < -0.4 is 5.32 Å². The van der Waals surface area contributed by atoms with Gasteiger partial charge in [0, 0.05) is 25.7 Å². The summed E-state index contributed by atoms with van der Waals surface area (Å²) in [6, 6.07) is 10.4. The minimum atomic E-state index is -0.473. The van der Waals surface area contributed by atoms with Gasteiger partial charge in [0.05, 0.1) is 18.8 Å². The average Bonchev–Trinajstić information content (AvgIpc) is 3.11. The molecule has 1 aromatic heterocycles. The van der Waals surface area contributed by atoms with E-state index in [0.717, 1.165) is 43.9 Å². The van der Waals surface area contributed by atoms with Gasteiger partial charge in [-0.1, -0.05) is 35.5 Å². The molecular weight excluding hydrogens is 382 g/mol. The van der Waals surface area contributed by atoms with Crippen molar-refractivity contribution in [1.29, 1.82) is 0 Å². The summed E-state index contributed by atoms with van der Waals surface area (Å²) >= 11 is 0. The second kappa shape index (κ2) is 8.73. The molecule has 1 atom stereocenters. The van der Waals surface area contributed by atoms with E-state index in [0.29, 0.717) is 13.2 Å². The molecule has 4 rings (SSSR count). The zero-order chi connectivity index (χ0) is 21.1. The maximum atomic E-state index is 12.0. The molecule has 8 nitrogen and oxygen atoms in total. The number of benzene rings is 1. The van der Waals surface area contributed by atoms with Crippen molar-refractivity contribution in [2.75, 3.05) is 13.1 Å². The van der Waals surface area contributed by atoms with E-state index in [1.165, 1.54) is 5.56 Å². The fourth-order valence-electron chi connectivity index (χ4n) is 3.98. The lowest BCUT2D eigenvalue weighted by molar-refractivity contribution is -0.00218. The monoisotopic (exact) mass is 413 g/mol. The smallest absolute Gasteiger partial charge is 0.407 e. The number of rotatable bonds is 4. The number of aromatic nitrogens is 3. The summed E-state index contributed by atoms with van der Waals surface area (Å²) in [5.74, 6) is 0. The molecule has 0 bridgehead atoms. The highest BCUT2D eigenvalue weighted by Crippen LogP contribution is 2.27. The first kappa shape index (κ1) is 20.8. The highest BCUT2D eigenvalue weighted by Gasteiger charge is 2.28. The lowest BCUT2D eigenvalue weighted by Gasteiger charge is -2.32. The molecule has 8 heteroatoms. The van der Waals surface area contributed by atoms with E-state index in [-0.39, 0.29) is 18.2 Å². The molecule has 1 aromatic carbocycles. The molecule has 162 valence electrons. The Morgan fingerprint density at radius 3 is 2.67 bits per heavy atom. The summed E-state index contributed by atoms with van der Waals surface area (Å²) in [7, 11) is 0. The molecule has 0 spiro atoms. The first-order valence-electron chi connectivity index (χ1n) is 10.7. The largest absolute Gasteiger partial charge is 0.444 e. The van der Waals surface area contributed by atoms with Gasteiger partial charge in [0.25, 0.3) is 0 Å². The van der Waals surface area contributed by atoms with E-state index in [1.807, 2.05) is 43.7 Å². The lowest BCUT2D eigenvalue weighted by atomic mass is 10.0. The van der Waals surface area contributed by atoms with Crippen molar-refractivity contribution >= 4 is 6.09 Å². The summed E-state index contributed by atoms with van der Waals surface area (Å²) in [6.45, 7) is 9.41. The van der Waals surface area contributed by atoms with E-state index in [1.54, 1.807) is 0 Å². The number of hydrogen-bond donors (Lipinski definition) is 1. The van der Waals surface area contributed by atoms with Gasteiger partial charge in [0.1, 0.15) is 17.4 Å². The molecule has 1 N–H and O–H groups in total. The van der Waals surface area contributed by atoms with Gasteiger partial charge in [0.15, 0.2) is 0 Å². The summed E-state index contributed by atoms with van der Waals surface area (Å²) in [5.41, 5.74) is 2.75. The molecule has 0 unspecified atom stereocenters. The van der Waals surface area contributed by atoms with E-state index in [2.05, 4.69) is 32.7 Å². The number of carbonyl (C=O) groups excluding carboxylic acids is 1. The third kappa shape index (κ3) is 5.17. The van der Waals surface area contributed by atoms with Crippen LogP contribution in [0.1, 0.15) is 56.7 Å². The predicted molar refractivity (Wildman–Crippen MR) is 112 cm³/mol. The number of nitrogens with one attached hydrogen (secondary N) is 1. The molecule has 1 fully saturated rings. The molecule has 3 heterocycles. The lowest BCUT2D eigenvalue weighted by Crippen LogP contribution is -2.46. The summed E-state index contributed by atoms with van der Waals surface area (Å²) in [6.07, 6.45) is 1.48. The average molecular weight is 414 g/mol. The Hall–Kier alpha value is -2.45. The molecule has 1 amide bonds. The number of nitrogens with zero attached hydrogens (tertiary/aromatic N) is 4. The van der Waals surface area contributed by atoms with Gasteiger partial charge < -0.3 is 14.8 Å². The first-order chi connectivity index (χ1) is 14.4. The Labute approximate surface area is 177 Å². The van der Waals surface area contributed by atoms with E-state index < -0.39 is 5.60 Å². The zero-order valence-corrected chi connectivity index (χ0v) is 18.0. The van der Waals surface area contributed by atoms with Crippen LogP contribution in [0.15, 0.2) is 30.3 Å². The molecule has 2 aliphatic heterocycles. The van der Waals surface area contributed by atoms with Gasteiger partial charge in [-0.25, -0.2) is 9.48 Å². The molecule has 0 radical (unpaired) electrons. The van der Waals surface area contributed by atoms with Crippen LogP contribution in [0.2, 0.25) is 0 Å². The third-order valence-corrected chi connectivity index (χ3v) is 5.53. The second-order valence-corrected chi connectivity index (χ2v) is 9.07. The van der Waals surface area contributed by atoms with Crippen LogP contribution in [0.3, 0.4) is 0 Å². The van der Waals surface area contributed by atoms with Crippen LogP contribution >= 0.6 is 0 Å². The third-order valence-electron chi connectivity index (χ3n) is 5.53. The Morgan fingerprint density at radius 1 is 1.23 bits per heavy atom. The molecule has 0 aliphatic carbocycles. The molecule has 2 aromatic rings. The first-order valence-corrected chi connectivity index (χ1v) is 10.7. The number of amides is 1. The number of carbonyl (C=O) groups is 1. The highest BCUT2D eigenvalue weighted by molar-refractivity contribution is 5.68. The predicted octanol–water partition coefficient (Wildman–Crippen LogP) is 3.04. The van der Waals surface area contributed by atoms with Gasteiger partial charge >= 0.3 is 6.09 Å². The minimum absolute atomic E-state index is 0.0166. The fraction of sp³-hybridized carbons (Fsp3) is 0.591. The van der Waals surface area contributed by atoms with Crippen LogP contribution in [-0.2, 0) is 29.2 Å². The van der Waals surface area contributed by atoms with Crippen LogP contribution in [0, 0.1) is 0 Å². The quantitative estimate of drug-likeness (QED) is 0.830. The van der Waals surface area contributed by atoms with Crippen molar-refractivity contribution in [2.45, 2.75) is 71.1 Å². The van der Waals surface area contributed by atoms with Crippen molar-refractivity contribution in [1.82, 2.24) is 25.2 Å². The minimum Gasteiger partial charge on any atom is -0.444 e. The Bertz CT molecular complexity index is 853. The van der Waals surface area contributed by atoms with E-state index in [4.69, 9.17) is 9.47 Å². The maximum absolute atomic E-state index is 12.0. The van der Waals surface area contributed by atoms with Crippen LogP contribution in [0.4, 0.5) is 4.79 Å². The van der Waals surface area contributed by atoms with Gasteiger partial charge in [-0.05, 0) is 39.2 Å². The standard InChI is InChI=1S/C22H31N5O3/c1-22(2,3)30-21(28)23-17-9-11-26(12-10-17)13-18-19-15-29-20(14-27(19)25-24-18)16-7-5-4-6-8-16/h4-8,17,20H,9-15H2,1-3H3,(H,23,28)/t20-/m0/s1. The van der Waals surface area contributed by atoms with Gasteiger partial charge in [-0.3, -0.25) is 4.90 Å². The van der Waals surface area contributed by atoms with Crippen LogP contribution in [0.5, 0.6) is 0 Å². The van der Waals surface area contributed by atoms with Crippen molar-refractivity contribution in [2.24, 2.45) is 0 Å². The second-order valence-electron chi connectivity index (χ2n) is 9.07. The zero-order valence-electron chi connectivity index (χ0n) is 18.0. The number of ether oxygens (including phenoxy) is 2. The highest BCUT2D eigenvalue weighted by atomic mass is 16.6. The Kier molecular flexibility index (Phi) is 6.06. The molecule has 1 saturated heterocycles. The fourth-order valence-corrected chi connectivity index (χ4v) is 3.98. The number of alkyl carbamates (subject to hydrolysis) is 1. The normalized spacial score (nSPS) is 20.6. The molecule has 30 heavy (non-hydrogen) atoms. The molecule has 2 aliphatic rings. The van der Waals surface area contributed by atoms with E-state index >= 15 is 0 Å².